The Morgan fingerprint density at radius 3 is 2.67 bits per heavy atom. The Kier molecular flexibility index (Phi) is 4.98. The molecule has 2 N–H and O–H groups in total. The molecule has 1 fully saturated rings. The second kappa shape index (κ2) is 7.72. The van der Waals surface area contributed by atoms with E-state index in [0.717, 1.165) is 31.4 Å². The lowest BCUT2D eigenvalue weighted by Crippen LogP contribution is -2.38. The minimum Gasteiger partial charge on any atom is -0.352 e. The Morgan fingerprint density at radius 1 is 1.11 bits per heavy atom. The highest BCUT2D eigenvalue weighted by Gasteiger charge is 2.24. The molecule has 6 heteroatoms. The average molecular weight is 362 g/mol. The van der Waals surface area contributed by atoms with Crippen molar-refractivity contribution in [1.82, 2.24) is 20.4 Å². The zero-order valence-corrected chi connectivity index (χ0v) is 15.0. The van der Waals surface area contributed by atoms with Crippen LogP contribution in [0.15, 0.2) is 59.4 Å². The quantitative estimate of drug-likeness (QED) is 0.726. The minimum atomic E-state index is -0.234. The van der Waals surface area contributed by atoms with Crippen LogP contribution in [0.25, 0.3) is 10.8 Å². The summed E-state index contributed by atoms with van der Waals surface area (Å²) in [7, 11) is 0. The zero-order chi connectivity index (χ0) is 18.6. The molecule has 2 aromatic carbocycles. The molecule has 0 bridgehead atoms. The van der Waals surface area contributed by atoms with Gasteiger partial charge in [0.05, 0.1) is 17.5 Å². The summed E-state index contributed by atoms with van der Waals surface area (Å²) in [5, 5.41) is 11.0. The lowest BCUT2D eigenvalue weighted by molar-refractivity contribution is -0.121. The molecular weight excluding hydrogens is 340 g/mol. The maximum Gasteiger partial charge on any atom is 0.272 e. The lowest BCUT2D eigenvalue weighted by Gasteiger charge is -2.17. The fourth-order valence-corrected chi connectivity index (χ4v) is 3.67. The predicted molar refractivity (Wildman–Crippen MR) is 104 cm³/mol. The van der Waals surface area contributed by atoms with Crippen LogP contribution in [0.4, 0.5) is 0 Å². The van der Waals surface area contributed by atoms with E-state index in [-0.39, 0.29) is 23.9 Å². The van der Waals surface area contributed by atoms with E-state index in [2.05, 4.69) is 32.5 Å². The highest BCUT2D eigenvalue weighted by atomic mass is 16.1. The number of nitrogens with zero attached hydrogens (tertiary/aromatic N) is 2. The van der Waals surface area contributed by atoms with Gasteiger partial charge in [-0.2, -0.15) is 5.10 Å². The molecule has 2 heterocycles. The van der Waals surface area contributed by atoms with Crippen LogP contribution in [0, 0.1) is 0 Å². The van der Waals surface area contributed by atoms with Gasteiger partial charge in [-0.3, -0.25) is 14.5 Å². The molecule has 1 atom stereocenters. The summed E-state index contributed by atoms with van der Waals surface area (Å²) in [6.07, 6.45) is 1.10. The van der Waals surface area contributed by atoms with Crippen LogP contribution >= 0.6 is 0 Å². The molecule has 0 saturated carbocycles. The van der Waals surface area contributed by atoms with Gasteiger partial charge in [-0.25, -0.2) is 5.10 Å². The van der Waals surface area contributed by atoms with Crippen molar-refractivity contribution in [2.45, 2.75) is 25.4 Å². The van der Waals surface area contributed by atoms with Gasteiger partial charge in [-0.15, -0.1) is 0 Å². The number of nitrogens with one attached hydrogen (secondary N) is 2. The number of carbonyl (C=O) groups is 1. The molecule has 1 aliphatic rings. The van der Waals surface area contributed by atoms with E-state index in [4.69, 9.17) is 0 Å². The van der Waals surface area contributed by atoms with Crippen LogP contribution in [0.2, 0.25) is 0 Å². The second-order valence-corrected chi connectivity index (χ2v) is 7.00. The van der Waals surface area contributed by atoms with E-state index in [0.29, 0.717) is 11.1 Å². The van der Waals surface area contributed by atoms with Crippen LogP contribution in [0.3, 0.4) is 0 Å². The number of likely N-dealkylation sites (tertiary alicyclic amines) is 1. The number of amides is 1. The molecule has 27 heavy (non-hydrogen) atoms. The number of benzene rings is 2. The van der Waals surface area contributed by atoms with Crippen LogP contribution in [-0.2, 0) is 17.8 Å². The van der Waals surface area contributed by atoms with E-state index < -0.39 is 0 Å². The van der Waals surface area contributed by atoms with Crippen molar-refractivity contribution in [1.29, 1.82) is 0 Å². The SMILES string of the molecule is O=C(Cc1n[nH]c(=O)c2ccccc12)N[C@H]1CCN(Cc2ccccc2)C1. The first-order valence-electron chi connectivity index (χ1n) is 9.21. The van der Waals surface area contributed by atoms with Crippen LogP contribution in [-0.4, -0.2) is 40.1 Å². The summed E-state index contributed by atoms with van der Waals surface area (Å²) in [5.41, 5.74) is 1.65. The van der Waals surface area contributed by atoms with Crippen molar-refractivity contribution < 1.29 is 4.79 Å². The molecule has 1 aliphatic heterocycles. The smallest absolute Gasteiger partial charge is 0.272 e. The Bertz CT molecular complexity index is 1000. The fourth-order valence-electron chi connectivity index (χ4n) is 3.67. The monoisotopic (exact) mass is 362 g/mol. The molecule has 138 valence electrons. The maximum atomic E-state index is 12.5. The number of hydrogen-bond acceptors (Lipinski definition) is 4. The molecule has 1 saturated heterocycles. The van der Waals surface area contributed by atoms with Crippen molar-refractivity contribution in [3.8, 4) is 0 Å². The van der Waals surface area contributed by atoms with Gasteiger partial charge in [0, 0.05) is 31.1 Å². The van der Waals surface area contributed by atoms with Gasteiger partial charge in [-0.05, 0) is 18.1 Å². The number of hydrogen-bond donors (Lipinski definition) is 2. The van der Waals surface area contributed by atoms with E-state index in [1.54, 1.807) is 12.1 Å². The summed E-state index contributed by atoms with van der Waals surface area (Å²) >= 11 is 0. The van der Waals surface area contributed by atoms with Gasteiger partial charge >= 0.3 is 0 Å². The van der Waals surface area contributed by atoms with E-state index >= 15 is 0 Å². The van der Waals surface area contributed by atoms with Crippen molar-refractivity contribution >= 4 is 16.7 Å². The van der Waals surface area contributed by atoms with Gasteiger partial charge in [0.2, 0.25) is 5.91 Å². The Balaban J connectivity index is 1.37. The van der Waals surface area contributed by atoms with Gasteiger partial charge < -0.3 is 5.32 Å². The van der Waals surface area contributed by atoms with Crippen molar-refractivity contribution in [2.75, 3.05) is 13.1 Å². The molecule has 0 spiro atoms. The summed E-state index contributed by atoms with van der Waals surface area (Å²) in [4.78, 5) is 26.7. The maximum absolute atomic E-state index is 12.5. The Morgan fingerprint density at radius 2 is 1.85 bits per heavy atom. The molecule has 3 aromatic rings. The largest absolute Gasteiger partial charge is 0.352 e. The molecular formula is C21H22N4O2. The molecule has 4 rings (SSSR count). The Hall–Kier alpha value is -2.99. The Labute approximate surface area is 157 Å². The second-order valence-electron chi connectivity index (χ2n) is 7.00. The molecule has 0 unspecified atom stereocenters. The third kappa shape index (κ3) is 4.06. The van der Waals surface area contributed by atoms with Crippen molar-refractivity contribution in [3.05, 3.63) is 76.2 Å². The number of rotatable bonds is 5. The van der Waals surface area contributed by atoms with Gasteiger partial charge in [-0.1, -0.05) is 48.5 Å². The number of carbonyl (C=O) groups excluding carboxylic acids is 1. The van der Waals surface area contributed by atoms with Crippen molar-refractivity contribution in [3.63, 3.8) is 0 Å². The molecule has 6 nitrogen and oxygen atoms in total. The van der Waals surface area contributed by atoms with Crippen molar-refractivity contribution in [2.24, 2.45) is 0 Å². The summed E-state index contributed by atoms with van der Waals surface area (Å²) in [6.45, 7) is 2.72. The van der Waals surface area contributed by atoms with Crippen LogP contribution in [0.1, 0.15) is 17.7 Å². The van der Waals surface area contributed by atoms with Gasteiger partial charge in [0.15, 0.2) is 0 Å². The number of aromatic amines is 1. The summed E-state index contributed by atoms with van der Waals surface area (Å²) in [5.74, 6) is -0.0636. The van der Waals surface area contributed by atoms with Crippen LogP contribution < -0.4 is 10.9 Å². The minimum absolute atomic E-state index is 0.0636. The first-order chi connectivity index (χ1) is 13.2. The molecule has 0 radical (unpaired) electrons. The third-order valence-electron chi connectivity index (χ3n) is 4.99. The number of aromatic nitrogens is 2. The van der Waals surface area contributed by atoms with E-state index in [1.807, 2.05) is 30.3 Å². The first-order valence-corrected chi connectivity index (χ1v) is 9.21. The molecule has 1 amide bonds. The number of fused-ring (bicyclic) bond motifs is 1. The van der Waals surface area contributed by atoms with Crippen LogP contribution in [0.5, 0.6) is 0 Å². The number of H-pyrrole nitrogens is 1. The molecule has 0 aliphatic carbocycles. The van der Waals surface area contributed by atoms with Gasteiger partial charge in [0.25, 0.3) is 5.56 Å². The van der Waals surface area contributed by atoms with E-state index in [1.165, 1.54) is 5.56 Å². The first kappa shape index (κ1) is 17.4. The summed E-state index contributed by atoms with van der Waals surface area (Å²) in [6, 6.07) is 17.7. The summed E-state index contributed by atoms with van der Waals surface area (Å²) < 4.78 is 0. The highest BCUT2D eigenvalue weighted by Crippen LogP contribution is 2.15. The van der Waals surface area contributed by atoms with Gasteiger partial charge in [0.1, 0.15) is 0 Å². The standard InChI is InChI=1S/C21H22N4O2/c26-20(12-19-17-8-4-5-9-18(17)21(27)24-23-19)22-16-10-11-25(14-16)13-15-6-2-1-3-7-15/h1-9,16H,10-14H2,(H,22,26)(H,24,27)/t16-/m0/s1. The topological polar surface area (TPSA) is 78.1 Å². The normalized spacial score (nSPS) is 17.3. The molecule has 1 aromatic heterocycles. The van der Waals surface area contributed by atoms with E-state index in [9.17, 15) is 9.59 Å². The highest BCUT2D eigenvalue weighted by molar-refractivity contribution is 5.88. The fraction of sp³-hybridized carbons (Fsp3) is 0.286. The zero-order valence-electron chi connectivity index (χ0n) is 15.0. The lowest BCUT2D eigenvalue weighted by atomic mass is 10.1. The predicted octanol–water partition coefficient (Wildman–Crippen LogP) is 1.86. The third-order valence-corrected chi connectivity index (χ3v) is 4.99. The average Bonchev–Trinajstić information content (AvgIpc) is 3.12.